The number of sulfone groups is 1. The molecule has 0 fully saturated rings. The fraction of sp³-hybridized carbons (Fsp3) is 0.526. The molecule has 0 unspecified atom stereocenters. The second kappa shape index (κ2) is 8.72. The average molecular weight is 405 g/mol. The summed E-state index contributed by atoms with van der Waals surface area (Å²) in [7, 11) is -1.48. The Kier molecular flexibility index (Phi) is 6.33. The van der Waals surface area contributed by atoms with Crippen molar-refractivity contribution in [1.82, 2.24) is 25.4 Å². The lowest BCUT2D eigenvalue weighted by Crippen LogP contribution is -2.37. The van der Waals surface area contributed by atoms with E-state index in [1.165, 1.54) is 19.1 Å². The number of nitrogens with zero attached hydrogens (tertiary/aromatic N) is 4. The van der Waals surface area contributed by atoms with Gasteiger partial charge in [0, 0.05) is 32.8 Å². The maximum atomic E-state index is 11.7. The number of benzene rings is 1. The Balaban J connectivity index is 1.59. The van der Waals surface area contributed by atoms with Gasteiger partial charge in [0.05, 0.1) is 11.4 Å². The van der Waals surface area contributed by atoms with Gasteiger partial charge in [-0.05, 0) is 37.0 Å². The van der Waals surface area contributed by atoms with E-state index in [9.17, 15) is 8.42 Å². The lowest BCUT2D eigenvalue weighted by molar-refractivity contribution is 0.596. The number of fused-ring (bicyclic) bond motifs is 1. The Labute approximate surface area is 166 Å². The molecule has 1 aromatic carbocycles. The lowest BCUT2D eigenvalue weighted by Gasteiger charge is -2.13. The minimum Gasteiger partial charge on any atom is -0.352 e. The van der Waals surface area contributed by atoms with Crippen LogP contribution in [0.5, 0.6) is 0 Å². The van der Waals surface area contributed by atoms with Crippen molar-refractivity contribution in [3.8, 4) is 0 Å². The zero-order chi connectivity index (χ0) is 20.1. The molecule has 8 nitrogen and oxygen atoms in total. The van der Waals surface area contributed by atoms with Crippen molar-refractivity contribution >= 4 is 15.8 Å². The number of hydrogen-bond acceptors (Lipinski definition) is 5. The highest BCUT2D eigenvalue weighted by atomic mass is 32.2. The third-order valence-electron chi connectivity index (χ3n) is 4.92. The summed E-state index contributed by atoms with van der Waals surface area (Å²) in [6, 6.07) is 5.36. The van der Waals surface area contributed by atoms with Gasteiger partial charge in [0.15, 0.2) is 21.6 Å². The van der Waals surface area contributed by atoms with Gasteiger partial charge in [0.25, 0.3) is 0 Å². The van der Waals surface area contributed by atoms with Crippen molar-refractivity contribution in [2.45, 2.75) is 57.1 Å². The van der Waals surface area contributed by atoms with Crippen molar-refractivity contribution in [3.05, 3.63) is 41.0 Å². The van der Waals surface area contributed by atoms with Gasteiger partial charge in [-0.25, -0.2) is 8.42 Å². The summed E-state index contributed by atoms with van der Waals surface area (Å²) in [5.41, 5.74) is 1.74. The van der Waals surface area contributed by atoms with Crippen LogP contribution < -0.4 is 10.6 Å². The number of rotatable bonds is 5. The summed E-state index contributed by atoms with van der Waals surface area (Å²) in [6.45, 7) is 3.88. The Bertz CT molecular complexity index is 965. The molecular formula is C19H28N6O2S. The fourth-order valence-corrected chi connectivity index (χ4v) is 4.44. The number of aromatic nitrogens is 3. The van der Waals surface area contributed by atoms with Crippen molar-refractivity contribution in [2.24, 2.45) is 4.99 Å². The lowest BCUT2D eigenvalue weighted by atomic mass is 10.1. The quantitative estimate of drug-likeness (QED) is 0.580. The van der Waals surface area contributed by atoms with Gasteiger partial charge < -0.3 is 15.2 Å². The van der Waals surface area contributed by atoms with Crippen LogP contribution in [0.15, 0.2) is 28.1 Å². The van der Waals surface area contributed by atoms with Crippen molar-refractivity contribution in [2.75, 3.05) is 13.3 Å². The van der Waals surface area contributed by atoms with Crippen LogP contribution >= 0.6 is 0 Å². The molecule has 1 aliphatic rings. The molecule has 1 aromatic heterocycles. The van der Waals surface area contributed by atoms with E-state index in [2.05, 4.69) is 30.4 Å². The van der Waals surface area contributed by atoms with Crippen LogP contribution in [-0.4, -0.2) is 42.4 Å². The van der Waals surface area contributed by atoms with Crippen LogP contribution in [0.3, 0.4) is 0 Å². The highest BCUT2D eigenvalue weighted by molar-refractivity contribution is 7.90. The summed E-state index contributed by atoms with van der Waals surface area (Å²) in [4.78, 5) is 4.62. The van der Waals surface area contributed by atoms with Crippen molar-refractivity contribution < 1.29 is 8.42 Å². The number of hydrogen-bond donors (Lipinski definition) is 2. The Hall–Kier alpha value is -2.42. The number of aryl methyl sites for hydroxylation is 2. The maximum absolute atomic E-state index is 11.7. The van der Waals surface area contributed by atoms with Crippen molar-refractivity contribution in [3.63, 3.8) is 0 Å². The molecule has 0 bridgehead atoms. The first-order valence-corrected chi connectivity index (χ1v) is 11.4. The van der Waals surface area contributed by atoms with Gasteiger partial charge in [-0.3, -0.25) is 4.99 Å². The summed E-state index contributed by atoms with van der Waals surface area (Å²) >= 11 is 0. The van der Waals surface area contributed by atoms with Gasteiger partial charge >= 0.3 is 0 Å². The third kappa shape index (κ3) is 4.89. The monoisotopic (exact) mass is 404 g/mol. The number of aliphatic imine (C=N–C) groups is 1. The van der Waals surface area contributed by atoms with E-state index in [4.69, 9.17) is 0 Å². The van der Waals surface area contributed by atoms with Crippen LogP contribution in [0, 0.1) is 6.92 Å². The minimum atomic E-state index is -3.20. The van der Waals surface area contributed by atoms with Crippen LogP contribution in [0.4, 0.5) is 0 Å². The number of nitrogens with one attached hydrogen (secondary N) is 2. The first kappa shape index (κ1) is 20.3. The predicted molar refractivity (Wildman–Crippen MR) is 109 cm³/mol. The molecule has 9 heteroatoms. The standard InChI is InChI=1S/C19H28N6O2S/c1-14-11-15(8-9-16(14)28(3,26)27)12-21-19(20-2)22-13-18-24-23-17-7-5-4-6-10-25(17)18/h8-9,11H,4-7,10,12-13H2,1-3H3,(H2,20,21,22). The SMILES string of the molecule is CN=C(NCc1ccc(S(C)(=O)=O)c(C)c1)NCc1nnc2n1CCCCC2. The smallest absolute Gasteiger partial charge is 0.191 e. The molecule has 0 spiro atoms. The van der Waals surface area contributed by atoms with E-state index in [0.717, 1.165) is 42.2 Å². The van der Waals surface area contributed by atoms with Crippen LogP contribution in [0.2, 0.25) is 0 Å². The normalized spacial score (nSPS) is 15.0. The Morgan fingerprint density at radius 3 is 2.68 bits per heavy atom. The molecule has 0 aliphatic carbocycles. The van der Waals surface area contributed by atoms with E-state index in [-0.39, 0.29) is 0 Å². The Morgan fingerprint density at radius 1 is 1.18 bits per heavy atom. The first-order chi connectivity index (χ1) is 13.4. The zero-order valence-corrected chi connectivity index (χ0v) is 17.5. The molecular weight excluding hydrogens is 376 g/mol. The highest BCUT2D eigenvalue weighted by Crippen LogP contribution is 2.17. The second-order valence-corrected chi connectivity index (χ2v) is 9.13. The van der Waals surface area contributed by atoms with Crippen LogP contribution in [0.25, 0.3) is 0 Å². The third-order valence-corrected chi connectivity index (χ3v) is 6.18. The molecule has 0 atom stereocenters. The van der Waals surface area contributed by atoms with E-state index >= 15 is 0 Å². The predicted octanol–water partition coefficient (Wildman–Crippen LogP) is 1.58. The van der Waals surface area contributed by atoms with Gasteiger partial charge in [0.1, 0.15) is 5.82 Å². The van der Waals surface area contributed by atoms with Gasteiger partial charge in [-0.2, -0.15) is 0 Å². The van der Waals surface area contributed by atoms with E-state index in [1.54, 1.807) is 13.1 Å². The summed E-state index contributed by atoms with van der Waals surface area (Å²) < 4.78 is 25.7. The van der Waals surface area contributed by atoms with Crippen molar-refractivity contribution in [1.29, 1.82) is 0 Å². The summed E-state index contributed by atoms with van der Waals surface area (Å²) in [6.07, 6.45) is 5.78. The topological polar surface area (TPSA) is 101 Å². The maximum Gasteiger partial charge on any atom is 0.191 e. The molecule has 152 valence electrons. The minimum absolute atomic E-state index is 0.367. The molecule has 2 N–H and O–H groups in total. The molecule has 2 heterocycles. The summed E-state index contributed by atoms with van der Waals surface area (Å²) in [5, 5.41) is 15.2. The van der Waals surface area contributed by atoms with E-state index in [1.807, 2.05) is 19.1 Å². The van der Waals surface area contributed by atoms with Crippen LogP contribution in [-0.2, 0) is 35.9 Å². The first-order valence-electron chi connectivity index (χ1n) is 9.53. The largest absolute Gasteiger partial charge is 0.352 e. The van der Waals surface area contributed by atoms with Gasteiger partial charge in [-0.1, -0.05) is 18.6 Å². The number of guanidine groups is 1. The average Bonchev–Trinajstić information content (AvgIpc) is 2.87. The molecule has 0 radical (unpaired) electrons. The van der Waals surface area contributed by atoms with Gasteiger partial charge in [0.2, 0.25) is 0 Å². The molecule has 0 saturated heterocycles. The molecule has 0 saturated carbocycles. The summed E-state index contributed by atoms with van der Waals surface area (Å²) in [5.74, 6) is 2.66. The fourth-order valence-electron chi connectivity index (χ4n) is 3.48. The Morgan fingerprint density at radius 2 is 1.96 bits per heavy atom. The van der Waals surface area contributed by atoms with Gasteiger partial charge in [-0.15, -0.1) is 10.2 Å². The van der Waals surface area contributed by atoms with E-state index in [0.29, 0.717) is 23.9 Å². The molecule has 3 rings (SSSR count). The molecule has 2 aromatic rings. The van der Waals surface area contributed by atoms with E-state index < -0.39 is 9.84 Å². The molecule has 1 aliphatic heterocycles. The highest BCUT2D eigenvalue weighted by Gasteiger charge is 2.15. The second-order valence-electron chi connectivity index (χ2n) is 7.15. The molecule has 28 heavy (non-hydrogen) atoms. The van der Waals surface area contributed by atoms with Crippen LogP contribution in [0.1, 0.15) is 42.0 Å². The zero-order valence-electron chi connectivity index (χ0n) is 16.7. The molecule has 0 amide bonds.